The topological polar surface area (TPSA) is 78.4 Å². The Morgan fingerprint density at radius 1 is 1.22 bits per heavy atom. The third-order valence-corrected chi connectivity index (χ3v) is 2.55. The fourth-order valence-electron chi connectivity index (χ4n) is 1.54. The molecule has 0 atom stereocenters. The maximum absolute atomic E-state index is 11.6. The molecule has 0 heterocycles. The molecule has 0 saturated carbocycles. The van der Waals surface area contributed by atoms with E-state index in [2.05, 4.69) is 10.6 Å². The number of rotatable bonds is 5. The van der Waals surface area contributed by atoms with Gasteiger partial charge in [-0.2, -0.15) is 0 Å². The highest BCUT2D eigenvalue weighted by molar-refractivity contribution is 5.76. The first-order valence-electron chi connectivity index (χ1n) is 5.75. The Labute approximate surface area is 106 Å². The number of carbonyl (C=O) groups excluding carboxylic acids is 1. The molecule has 0 unspecified atom stereocenters. The first kappa shape index (κ1) is 14.0. The number of carboxylic acid groups (broad SMARTS) is 1. The Morgan fingerprint density at radius 3 is 2.39 bits per heavy atom. The number of hydrogen-bond acceptors (Lipinski definition) is 2. The molecule has 1 aromatic carbocycles. The van der Waals surface area contributed by atoms with Crippen LogP contribution in [-0.4, -0.2) is 23.7 Å². The number of carbonyl (C=O) groups is 2. The average molecular weight is 250 g/mol. The Morgan fingerprint density at radius 2 is 1.83 bits per heavy atom. The highest BCUT2D eigenvalue weighted by Gasteiger charge is 2.22. The molecule has 0 bridgehead atoms. The lowest BCUT2D eigenvalue weighted by Crippen LogP contribution is -2.46. The molecule has 5 nitrogen and oxygen atoms in total. The van der Waals surface area contributed by atoms with Crippen molar-refractivity contribution in [2.24, 2.45) is 0 Å². The first-order chi connectivity index (χ1) is 8.42. The molecule has 0 radical (unpaired) electrons. The molecular formula is C13H18N2O3. The second-order valence-electron chi connectivity index (χ2n) is 4.52. The summed E-state index contributed by atoms with van der Waals surface area (Å²) in [6.45, 7) is 3.89. The summed E-state index contributed by atoms with van der Waals surface area (Å²) in [4.78, 5) is 21.9. The predicted molar refractivity (Wildman–Crippen MR) is 68.3 cm³/mol. The summed E-state index contributed by atoms with van der Waals surface area (Å²) in [5, 5.41) is 13.8. The van der Waals surface area contributed by atoms with Gasteiger partial charge >= 0.3 is 12.0 Å². The zero-order valence-electron chi connectivity index (χ0n) is 10.6. The zero-order valence-corrected chi connectivity index (χ0v) is 10.6. The summed E-state index contributed by atoms with van der Waals surface area (Å²) >= 11 is 0. The lowest BCUT2D eigenvalue weighted by Gasteiger charge is -2.26. The largest absolute Gasteiger partial charge is 0.481 e. The minimum Gasteiger partial charge on any atom is -0.481 e. The summed E-state index contributed by atoms with van der Waals surface area (Å²) in [6, 6.07) is 9.20. The van der Waals surface area contributed by atoms with Crippen molar-refractivity contribution in [1.29, 1.82) is 0 Å². The van der Waals surface area contributed by atoms with Crippen molar-refractivity contribution in [3.63, 3.8) is 0 Å². The smallest absolute Gasteiger partial charge is 0.315 e. The van der Waals surface area contributed by atoms with Gasteiger partial charge in [-0.25, -0.2) is 4.79 Å². The molecule has 0 fully saturated rings. The summed E-state index contributed by atoms with van der Waals surface area (Å²) in [5.41, 5.74) is 0.479. The maximum Gasteiger partial charge on any atom is 0.315 e. The monoisotopic (exact) mass is 250 g/mol. The third kappa shape index (κ3) is 4.45. The molecule has 2 amide bonds. The van der Waals surface area contributed by atoms with Crippen molar-refractivity contribution in [3.8, 4) is 0 Å². The van der Waals surface area contributed by atoms with Crippen LogP contribution in [0.25, 0.3) is 0 Å². The van der Waals surface area contributed by atoms with E-state index in [1.54, 1.807) is 0 Å². The van der Waals surface area contributed by atoms with Gasteiger partial charge in [0.05, 0.1) is 12.0 Å². The van der Waals surface area contributed by atoms with Crippen LogP contribution in [-0.2, 0) is 10.3 Å². The molecule has 18 heavy (non-hydrogen) atoms. The highest BCUT2D eigenvalue weighted by Crippen LogP contribution is 2.18. The van der Waals surface area contributed by atoms with Gasteiger partial charge in [-0.1, -0.05) is 30.3 Å². The molecule has 98 valence electrons. The molecule has 1 rings (SSSR count). The van der Waals surface area contributed by atoms with Crippen molar-refractivity contribution in [1.82, 2.24) is 10.6 Å². The Kier molecular flexibility index (Phi) is 4.71. The minimum absolute atomic E-state index is 0.0841. The van der Waals surface area contributed by atoms with Crippen LogP contribution in [0, 0.1) is 0 Å². The van der Waals surface area contributed by atoms with Crippen molar-refractivity contribution < 1.29 is 14.7 Å². The number of nitrogens with one attached hydrogen (secondary N) is 2. The Balaban J connectivity index is 2.50. The summed E-state index contributed by atoms with van der Waals surface area (Å²) in [7, 11) is 0. The second kappa shape index (κ2) is 6.05. The van der Waals surface area contributed by atoms with E-state index in [1.807, 2.05) is 44.2 Å². The van der Waals surface area contributed by atoms with Crippen LogP contribution in [0.2, 0.25) is 0 Å². The van der Waals surface area contributed by atoms with Crippen molar-refractivity contribution in [2.45, 2.75) is 25.8 Å². The average Bonchev–Trinajstić information content (AvgIpc) is 2.29. The van der Waals surface area contributed by atoms with Crippen molar-refractivity contribution in [2.75, 3.05) is 6.54 Å². The lowest BCUT2D eigenvalue weighted by atomic mass is 9.95. The number of urea groups is 1. The van der Waals surface area contributed by atoms with Gasteiger partial charge in [-0.3, -0.25) is 4.79 Å². The van der Waals surface area contributed by atoms with Crippen molar-refractivity contribution >= 4 is 12.0 Å². The molecule has 0 aromatic heterocycles. The van der Waals surface area contributed by atoms with E-state index in [1.165, 1.54) is 0 Å². The van der Waals surface area contributed by atoms with Gasteiger partial charge in [0.1, 0.15) is 0 Å². The number of carboxylic acids is 1. The third-order valence-electron chi connectivity index (χ3n) is 2.55. The fourth-order valence-corrected chi connectivity index (χ4v) is 1.54. The molecule has 0 saturated heterocycles. The van der Waals surface area contributed by atoms with Crippen LogP contribution >= 0.6 is 0 Å². The molecule has 0 aliphatic rings. The molecule has 1 aromatic rings. The van der Waals surface area contributed by atoms with Gasteiger partial charge < -0.3 is 15.7 Å². The van der Waals surface area contributed by atoms with Gasteiger partial charge in [-0.15, -0.1) is 0 Å². The quantitative estimate of drug-likeness (QED) is 0.744. The lowest BCUT2D eigenvalue weighted by molar-refractivity contribution is -0.136. The summed E-state index contributed by atoms with van der Waals surface area (Å²) in [6.07, 6.45) is -0.0841. The standard InChI is InChI=1S/C13H18N2O3/c1-13(2,10-6-4-3-5-7-10)15-12(18)14-9-8-11(16)17/h3-7H,8-9H2,1-2H3,(H,16,17)(H2,14,15,18). The zero-order chi connectivity index (χ0) is 13.6. The highest BCUT2D eigenvalue weighted by atomic mass is 16.4. The number of hydrogen-bond donors (Lipinski definition) is 3. The Hall–Kier alpha value is -2.04. The summed E-state index contributed by atoms with van der Waals surface area (Å²) < 4.78 is 0. The van der Waals surface area contributed by atoms with E-state index in [0.29, 0.717) is 0 Å². The van der Waals surface area contributed by atoms with Crippen LogP contribution in [0.4, 0.5) is 4.79 Å². The van der Waals surface area contributed by atoms with Gasteiger partial charge in [0.25, 0.3) is 0 Å². The number of amides is 2. The maximum atomic E-state index is 11.6. The van der Waals surface area contributed by atoms with Crippen LogP contribution < -0.4 is 10.6 Å². The molecule has 5 heteroatoms. The van der Waals surface area contributed by atoms with E-state index in [4.69, 9.17) is 5.11 Å². The number of benzene rings is 1. The molecule has 3 N–H and O–H groups in total. The molecule has 0 aliphatic heterocycles. The van der Waals surface area contributed by atoms with Crippen LogP contribution in [0.15, 0.2) is 30.3 Å². The van der Waals surface area contributed by atoms with Crippen LogP contribution in [0.5, 0.6) is 0 Å². The van der Waals surface area contributed by atoms with Gasteiger partial charge in [0.15, 0.2) is 0 Å². The van der Waals surface area contributed by atoms with Gasteiger partial charge in [0, 0.05) is 6.54 Å². The normalized spacial score (nSPS) is 10.8. The van der Waals surface area contributed by atoms with E-state index in [-0.39, 0.29) is 19.0 Å². The molecular weight excluding hydrogens is 232 g/mol. The van der Waals surface area contributed by atoms with Gasteiger partial charge in [-0.05, 0) is 19.4 Å². The van der Waals surface area contributed by atoms with Gasteiger partial charge in [0.2, 0.25) is 0 Å². The van der Waals surface area contributed by atoms with E-state index in [9.17, 15) is 9.59 Å². The fraction of sp³-hybridized carbons (Fsp3) is 0.385. The first-order valence-corrected chi connectivity index (χ1v) is 5.75. The van der Waals surface area contributed by atoms with Crippen molar-refractivity contribution in [3.05, 3.63) is 35.9 Å². The van der Waals surface area contributed by atoms with Crippen LogP contribution in [0.3, 0.4) is 0 Å². The number of aliphatic carboxylic acids is 1. The van der Waals surface area contributed by atoms with E-state index >= 15 is 0 Å². The molecule has 0 aliphatic carbocycles. The second-order valence-corrected chi connectivity index (χ2v) is 4.52. The predicted octanol–water partition coefficient (Wildman–Crippen LogP) is 1.70. The SMILES string of the molecule is CC(C)(NC(=O)NCCC(=O)O)c1ccccc1. The van der Waals surface area contributed by atoms with Crippen LogP contribution in [0.1, 0.15) is 25.8 Å². The van der Waals surface area contributed by atoms with E-state index < -0.39 is 11.5 Å². The minimum atomic E-state index is -0.933. The summed E-state index contributed by atoms with van der Waals surface area (Å²) in [5.74, 6) is -0.933. The molecule has 0 spiro atoms. The van der Waals surface area contributed by atoms with E-state index in [0.717, 1.165) is 5.56 Å². The Bertz CT molecular complexity index is 416.